The third-order valence-corrected chi connectivity index (χ3v) is 7.91. The molecule has 196 valence electrons. The Morgan fingerprint density at radius 3 is 2.53 bits per heavy atom. The summed E-state index contributed by atoms with van der Waals surface area (Å²) in [5.74, 6) is 1.80. The number of unbranched alkanes of at least 4 members (excludes halogenated alkanes) is 3. The number of nitrogens with zero attached hydrogens (tertiary/aromatic N) is 2. The molecule has 7 heteroatoms. The summed E-state index contributed by atoms with van der Waals surface area (Å²) in [6, 6.07) is 19.2. The molecule has 1 unspecified atom stereocenters. The number of rotatable bonds is 8. The molecule has 0 aromatic heterocycles. The van der Waals surface area contributed by atoms with Gasteiger partial charge in [0.05, 0.1) is 6.54 Å². The lowest BCUT2D eigenvalue weighted by Gasteiger charge is -2.24. The van der Waals surface area contributed by atoms with Gasteiger partial charge in [0, 0.05) is 36.5 Å². The van der Waals surface area contributed by atoms with Crippen molar-refractivity contribution in [3.05, 3.63) is 82.9 Å². The van der Waals surface area contributed by atoms with Gasteiger partial charge in [-0.3, -0.25) is 9.59 Å². The monoisotopic (exact) mass is 512 g/mol. The van der Waals surface area contributed by atoms with Crippen LogP contribution >= 0.6 is 0 Å². The first kappa shape index (κ1) is 24.3. The molecule has 3 aliphatic rings. The topological polar surface area (TPSA) is 68.3 Å². The molecule has 7 nitrogen and oxygen atoms in total. The van der Waals surface area contributed by atoms with Gasteiger partial charge < -0.3 is 24.0 Å². The van der Waals surface area contributed by atoms with Crippen LogP contribution in [0.2, 0.25) is 0 Å². The summed E-state index contributed by atoms with van der Waals surface area (Å²) in [6.45, 7) is 3.55. The van der Waals surface area contributed by atoms with Gasteiger partial charge >= 0.3 is 0 Å². The number of benzene rings is 3. The molecular weight excluding hydrogens is 480 g/mol. The summed E-state index contributed by atoms with van der Waals surface area (Å²) >= 11 is 0. The zero-order chi connectivity index (χ0) is 26.3. The highest BCUT2D eigenvalue weighted by Crippen LogP contribution is 2.55. The smallest absolute Gasteiger partial charge is 0.253 e. The molecule has 0 aliphatic carbocycles. The summed E-state index contributed by atoms with van der Waals surface area (Å²) in [4.78, 5) is 31.4. The van der Waals surface area contributed by atoms with Crippen LogP contribution in [-0.2, 0) is 16.8 Å². The van der Waals surface area contributed by atoms with Crippen molar-refractivity contribution in [1.29, 1.82) is 0 Å². The fourth-order valence-corrected chi connectivity index (χ4v) is 5.84. The molecule has 0 saturated heterocycles. The van der Waals surface area contributed by atoms with Gasteiger partial charge in [0.2, 0.25) is 12.7 Å². The molecule has 0 fully saturated rings. The summed E-state index contributed by atoms with van der Waals surface area (Å²) in [5, 5.41) is 0. The van der Waals surface area contributed by atoms with Crippen LogP contribution in [0.25, 0.3) is 0 Å². The Hall–Kier alpha value is -4.00. The van der Waals surface area contributed by atoms with Gasteiger partial charge in [-0.1, -0.05) is 62.6 Å². The van der Waals surface area contributed by atoms with E-state index in [2.05, 4.69) is 6.92 Å². The molecule has 3 aliphatic heterocycles. The van der Waals surface area contributed by atoms with Crippen LogP contribution in [0.3, 0.4) is 0 Å². The minimum Gasteiger partial charge on any atom is -0.491 e. The van der Waals surface area contributed by atoms with Gasteiger partial charge in [0.25, 0.3) is 5.91 Å². The number of hydrogen-bond donors (Lipinski definition) is 0. The summed E-state index contributed by atoms with van der Waals surface area (Å²) in [5.41, 5.74) is 3.01. The van der Waals surface area contributed by atoms with E-state index >= 15 is 0 Å². The second-order valence-electron chi connectivity index (χ2n) is 10.2. The summed E-state index contributed by atoms with van der Waals surface area (Å²) < 4.78 is 17.3. The molecule has 2 amide bonds. The van der Waals surface area contributed by atoms with E-state index in [1.54, 1.807) is 9.80 Å². The molecule has 6 rings (SSSR count). The quantitative estimate of drug-likeness (QED) is 0.384. The van der Waals surface area contributed by atoms with Gasteiger partial charge in [0.15, 0.2) is 11.5 Å². The third-order valence-electron chi connectivity index (χ3n) is 7.91. The first-order chi connectivity index (χ1) is 18.5. The predicted octanol–water partition coefficient (Wildman–Crippen LogP) is 5.29. The van der Waals surface area contributed by atoms with Crippen molar-refractivity contribution in [2.24, 2.45) is 0 Å². The lowest BCUT2D eigenvalue weighted by Crippen LogP contribution is -2.42. The number of para-hydroxylation sites is 1. The number of carbonyl (C=O) groups excluding carboxylic acids is 2. The molecule has 0 N–H and O–H groups in total. The SMILES string of the molecule is CCCCCCN(C)C(=O)c1ccccc1CN1C(=O)C2(COc3cc4c(cc32)OCO4)c2ccccc21. The lowest BCUT2D eigenvalue weighted by molar-refractivity contribution is -0.122. The molecule has 38 heavy (non-hydrogen) atoms. The Balaban J connectivity index is 1.33. The van der Waals surface area contributed by atoms with Gasteiger partial charge in [-0.2, -0.15) is 0 Å². The molecule has 0 saturated carbocycles. The van der Waals surface area contributed by atoms with Crippen LogP contribution in [0.15, 0.2) is 60.7 Å². The normalized spacial score (nSPS) is 18.5. The Morgan fingerprint density at radius 2 is 1.68 bits per heavy atom. The van der Waals surface area contributed by atoms with Crippen LogP contribution in [-0.4, -0.2) is 43.7 Å². The first-order valence-electron chi connectivity index (χ1n) is 13.4. The number of fused-ring (bicyclic) bond motifs is 5. The van der Waals surface area contributed by atoms with E-state index in [1.165, 1.54) is 6.42 Å². The van der Waals surface area contributed by atoms with Crippen molar-refractivity contribution < 1.29 is 23.8 Å². The molecular formula is C31H32N2O5. The van der Waals surface area contributed by atoms with E-state index in [1.807, 2.05) is 67.7 Å². The second kappa shape index (κ2) is 9.71. The maximum atomic E-state index is 14.4. The van der Waals surface area contributed by atoms with Crippen LogP contribution in [0.4, 0.5) is 5.69 Å². The number of ether oxygens (including phenoxy) is 3. The summed E-state index contributed by atoms with van der Waals surface area (Å²) in [6.07, 6.45) is 4.43. The van der Waals surface area contributed by atoms with Crippen LogP contribution < -0.4 is 19.1 Å². The molecule has 3 aromatic carbocycles. The molecule has 1 atom stereocenters. The molecule has 3 heterocycles. The lowest BCUT2D eigenvalue weighted by atomic mass is 9.77. The van der Waals surface area contributed by atoms with E-state index in [-0.39, 0.29) is 25.2 Å². The Labute approximate surface area is 222 Å². The Bertz CT molecular complexity index is 1400. The standard InChI is InChI=1S/C31H32N2O5/c1-3-4-5-10-15-32(2)29(34)22-12-7-6-11-21(22)18-33-25-14-9-8-13-23(25)31(30(33)35)19-36-26-17-28-27(16-24(26)31)37-20-38-28/h6-9,11-14,16-17H,3-5,10,15,18-20H2,1-2H3. The van der Waals surface area contributed by atoms with Gasteiger partial charge in [-0.05, 0) is 35.7 Å². The van der Waals surface area contributed by atoms with Gasteiger partial charge in [0.1, 0.15) is 17.8 Å². The third kappa shape index (κ3) is 3.80. The predicted molar refractivity (Wildman–Crippen MR) is 144 cm³/mol. The zero-order valence-corrected chi connectivity index (χ0v) is 21.9. The van der Waals surface area contributed by atoms with E-state index in [4.69, 9.17) is 14.2 Å². The maximum Gasteiger partial charge on any atom is 0.253 e. The Morgan fingerprint density at radius 1 is 0.921 bits per heavy atom. The number of anilines is 1. The van der Waals surface area contributed by atoms with Gasteiger partial charge in [-0.15, -0.1) is 0 Å². The van der Waals surface area contributed by atoms with E-state index in [0.29, 0.717) is 35.9 Å². The second-order valence-corrected chi connectivity index (χ2v) is 10.2. The minimum atomic E-state index is -0.970. The first-order valence-corrected chi connectivity index (χ1v) is 13.4. The largest absolute Gasteiger partial charge is 0.491 e. The van der Waals surface area contributed by atoms with Crippen molar-refractivity contribution >= 4 is 17.5 Å². The van der Waals surface area contributed by atoms with Crippen molar-refractivity contribution in [3.8, 4) is 17.2 Å². The van der Waals surface area contributed by atoms with Crippen molar-refractivity contribution in [3.63, 3.8) is 0 Å². The van der Waals surface area contributed by atoms with Crippen LogP contribution in [0.1, 0.15) is 59.7 Å². The van der Waals surface area contributed by atoms with Gasteiger partial charge in [-0.25, -0.2) is 0 Å². The van der Waals surface area contributed by atoms with Crippen LogP contribution in [0, 0.1) is 0 Å². The average molecular weight is 513 g/mol. The fraction of sp³-hybridized carbons (Fsp3) is 0.355. The molecule has 3 aromatic rings. The summed E-state index contributed by atoms with van der Waals surface area (Å²) in [7, 11) is 1.85. The minimum absolute atomic E-state index is 0.0194. The van der Waals surface area contributed by atoms with Crippen molar-refractivity contribution in [2.75, 3.05) is 31.9 Å². The average Bonchev–Trinajstić information content (AvgIpc) is 3.62. The highest BCUT2D eigenvalue weighted by atomic mass is 16.7. The highest BCUT2D eigenvalue weighted by Gasteiger charge is 2.57. The fourth-order valence-electron chi connectivity index (χ4n) is 5.84. The van der Waals surface area contributed by atoms with Crippen molar-refractivity contribution in [1.82, 2.24) is 4.90 Å². The number of amides is 2. The van der Waals surface area contributed by atoms with E-state index < -0.39 is 5.41 Å². The van der Waals surface area contributed by atoms with E-state index in [9.17, 15) is 9.59 Å². The number of carbonyl (C=O) groups is 2. The molecule has 0 bridgehead atoms. The zero-order valence-electron chi connectivity index (χ0n) is 21.9. The Kier molecular flexibility index (Phi) is 6.22. The number of hydrogen-bond acceptors (Lipinski definition) is 5. The molecule has 1 spiro atoms. The maximum absolute atomic E-state index is 14.4. The van der Waals surface area contributed by atoms with Crippen LogP contribution in [0.5, 0.6) is 17.2 Å². The molecule has 0 radical (unpaired) electrons. The van der Waals surface area contributed by atoms with Crippen molar-refractivity contribution in [2.45, 2.75) is 44.6 Å². The van der Waals surface area contributed by atoms with E-state index in [0.717, 1.165) is 41.6 Å². The highest BCUT2D eigenvalue weighted by molar-refractivity contribution is 6.11.